The Hall–Kier alpha value is -4.01. The van der Waals surface area contributed by atoms with Gasteiger partial charge in [-0.1, -0.05) is 31.1 Å². The molecule has 3 atom stereocenters. The molecule has 2 N–H and O–H groups in total. The largest absolute Gasteiger partial charge is 0.491 e. The van der Waals surface area contributed by atoms with Gasteiger partial charge < -0.3 is 39.0 Å². The topological polar surface area (TPSA) is 157 Å². The number of aliphatic hydroxyl groups excluding tert-OH is 1. The molecule has 13 nitrogen and oxygen atoms in total. The number of thiazole rings is 1. The van der Waals surface area contributed by atoms with Crippen LogP contribution >= 0.6 is 11.3 Å². The van der Waals surface area contributed by atoms with Gasteiger partial charge in [-0.2, -0.15) is 0 Å². The quantitative estimate of drug-likeness (QED) is 0.237. The van der Waals surface area contributed by atoms with E-state index in [2.05, 4.69) is 15.5 Å². The van der Waals surface area contributed by atoms with E-state index in [1.807, 2.05) is 59.7 Å². The third-order valence-corrected chi connectivity index (χ3v) is 10.0. The minimum atomic E-state index is -0.837. The van der Waals surface area contributed by atoms with Gasteiger partial charge in [-0.15, -0.1) is 11.3 Å². The van der Waals surface area contributed by atoms with Crippen LogP contribution in [-0.2, 0) is 25.6 Å². The summed E-state index contributed by atoms with van der Waals surface area (Å²) in [6.45, 7) is 15.2. The van der Waals surface area contributed by atoms with Crippen LogP contribution in [0.5, 0.6) is 5.75 Å². The van der Waals surface area contributed by atoms with Gasteiger partial charge in [0.15, 0.2) is 0 Å². The second-order valence-corrected chi connectivity index (χ2v) is 15.5. The maximum absolute atomic E-state index is 13.8. The Balaban J connectivity index is 1.21. The average molecular weight is 726 g/mol. The SMILES string of the molecule is Cc1cc([C@@H](C(=O)N2C[C@H](O)C[C@H]2C(=O)NCc2ccc(-c3scnc3C)cc2OCCOC2CCN(C(=O)OC(C)(C)C)CC2)C(C)C)on1. The lowest BCUT2D eigenvalue weighted by molar-refractivity contribution is -0.141. The molecule has 2 aliphatic rings. The van der Waals surface area contributed by atoms with Crippen molar-refractivity contribution < 1.29 is 38.2 Å². The standard InChI is InChI=1S/C37H51N5O8S/c1-22(2)32(31-16-23(3)40-50-31)35(45)42-20-27(43)18-29(42)34(44)38-19-26-9-8-25(33-24(4)39-21-51-33)17-30(26)48-15-14-47-28-10-12-41(13-11-28)36(46)49-37(5,6)7/h8-9,16-17,21-22,27-29,32,43H,10-15,18-20H2,1-7H3,(H,38,44)/t27-,29+,32+/m1/s1. The molecule has 2 aliphatic heterocycles. The van der Waals surface area contributed by atoms with Crippen molar-refractivity contribution in [2.45, 2.75) is 104 Å². The molecule has 4 heterocycles. The molecule has 0 bridgehead atoms. The number of nitrogens with zero attached hydrogens (tertiary/aromatic N) is 4. The third kappa shape index (κ3) is 9.86. The predicted octanol–water partition coefficient (Wildman–Crippen LogP) is 5.23. The summed E-state index contributed by atoms with van der Waals surface area (Å²) in [5, 5.41) is 17.5. The number of ether oxygens (including phenoxy) is 3. The Kier molecular flexibility index (Phi) is 12.4. The highest BCUT2D eigenvalue weighted by Gasteiger charge is 2.43. The summed E-state index contributed by atoms with van der Waals surface area (Å²) >= 11 is 1.54. The van der Waals surface area contributed by atoms with E-state index >= 15 is 0 Å². The van der Waals surface area contributed by atoms with Gasteiger partial charge in [-0.3, -0.25) is 9.59 Å². The highest BCUT2D eigenvalue weighted by molar-refractivity contribution is 7.13. The summed E-state index contributed by atoms with van der Waals surface area (Å²) in [5.41, 5.74) is 4.56. The number of carbonyl (C=O) groups is 3. The monoisotopic (exact) mass is 725 g/mol. The van der Waals surface area contributed by atoms with E-state index in [4.69, 9.17) is 18.7 Å². The Morgan fingerprint density at radius 3 is 2.49 bits per heavy atom. The van der Waals surface area contributed by atoms with E-state index in [0.29, 0.717) is 49.7 Å². The van der Waals surface area contributed by atoms with Crippen molar-refractivity contribution in [2.75, 3.05) is 32.8 Å². The minimum absolute atomic E-state index is 0.00741. The van der Waals surface area contributed by atoms with E-state index in [1.165, 1.54) is 4.90 Å². The summed E-state index contributed by atoms with van der Waals surface area (Å²) < 4.78 is 23.3. The lowest BCUT2D eigenvalue weighted by Crippen LogP contribution is -2.48. The predicted molar refractivity (Wildman–Crippen MR) is 191 cm³/mol. The first-order valence-corrected chi connectivity index (χ1v) is 18.5. The maximum atomic E-state index is 13.8. The molecule has 0 aliphatic carbocycles. The van der Waals surface area contributed by atoms with Crippen molar-refractivity contribution in [2.24, 2.45) is 5.92 Å². The lowest BCUT2D eigenvalue weighted by Gasteiger charge is -2.33. The molecule has 0 saturated carbocycles. The summed E-state index contributed by atoms with van der Waals surface area (Å²) in [7, 11) is 0. The number of hydrogen-bond acceptors (Lipinski definition) is 11. The first-order valence-electron chi connectivity index (χ1n) is 17.6. The van der Waals surface area contributed by atoms with Gasteiger partial charge in [0.1, 0.15) is 35.7 Å². The average Bonchev–Trinajstić information content (AvgIpc) is 3.81. The summed E-state index contributed by atoms with van der Waals surface area (Å²) in [4.78, 5) is 48.5. The van der Waals surface area contributed by atoms with Gasteiger partial charge in [-0.05, 0) is 65.0 Å². The van der Waals surface area contributed by atoms with Gasteiger partial charge in [0, 0.05) is 44.2 Å². The Morgan fingerprint density at radius 2 is 1.86 bits per heavy atom. The minimum Gasteiger partial charge on any atom is -0.491 e. The Labute approximate surface area is 303 Å². The molecule has 3 aromatic rings. The van der Waals surface area contributed by atoms with Crippen molar-refractivity contribution in [3.05, 3.63) is 52.5 Å². The number of rotatable bonds is 12. The highest BCUT2D eigenvalue weighted by Crippen LogP contribution is 2.33. The van der Waals surface area contributed by atoms with Crippen LogP contribution in [0, 0.1) is 19.8 Å². The molecule has 0 radical (unpaired) electrons. The van der Waals surface area contributed by atoms with Gasteiger partial charge in [0.05, 0.1) is 40.6 Å². The normalized spacial score (nSPS) is 19.0. The fraction of sp³-hybridized carbons (Fsp3) is 0.595. The number of aryl methyl sites for hydroxylation is 2. The molecule has 3 amide bonds. The zero-order chi connectivity index (χ0) is 36.9. The fourth-order valence-corrected chi connectivity index (χ4v) is 7.31. The number of benzene rings is 1. The summed E-state index contributed by atoms with van der Waals surface area (Å²) in [6.07, 6.45) is 0.444. The number of hydrogen-bond donors (Lipinski definition) is 2. The van der Waals surface area contributed by atoms with Crippen LogP contribution in [0.3, 0.4) is 0 Å². The molecule has 2 saturated heterocycles. The Morgan fingerprint density at radius 1 is 1.12 bits per heavy atom. The third-order valence-electron chi connectivity index (χ3n) is 9.07. The van der Waals surface area contributed by atoms with Crippen LogP contribution in [-0.4, -0.2) is 99.7 Å². The first kappa shape index (κ1) is 38.2. The number of amides is 3. The summed E-state index contributed by atoms with van der Waals surface area (Å²) in [5.74, 6) is -0.326. The number of aliphatic hydroxyl groups is 1. The number of piperidine rings is 1. The molecule has 1 aromatic carbocycles. The van der Waals surface area contributed by atoms with E-state index in [-0.39, 0.29) is 56.0 Å². The van der Waals surface area contributed by atoms with Crippen LogP contribution in [0.25, 0.3) is 10.4 Å². The molecule has 0 spiro atoms. The lowest BCUT2D eigenvalue weighted by atomic mass is 9.91. The highest BCUT2D eigenvalue weighted by atomic mass is 32.1. The van der Waals surface area contributed by atoms with Crippen LogP contribution in [0.15, 0.2) is 34.3 Å². The van der Waals surface area contributed by atoms with Crippen molar-refractivity contribution >= 4 is 29.2 Å². The molecule has 2 fully saturated rings. The molecule has 0 unspecified atom stereocenters. The molecule has 2 aromatic heterocycles. The molecule has 51 heavy (non-hydrogen) atoms. The smallest absolute Gasteiger partial charge is 0.410 e. The van der Waals surface area contributed by atoms with Crippen LogP contribution in [0.1, 0.15) is 82.5 Å². The second kappa shape index (κ2) is 16.6. The molecular weight excluding hydrogens is 675 g/mol. The van der Waals surface area contributed by atoms with Crippen LogP contribution < -0.4 is 10.1 Å². The zero-order valence-corrected chi connectivity index (χ0v) is 31.5. The van der Waals surface area contributed by atoms with Crippen LogP contribution in [0.2, 0.25) is 0 Å². The number of carbonyl (C=O) groups excluding carboxylic acids is 3. The fourth-order valence-electron chi connectivity index (χ4n) is 6.50. The zero-order valence-electron chi connectivity index (χ0n) is 30.6. The van der Waals surface area contributed by atoms with E-state index in [1.54, 1.807) is 34.7 Å². The van der Waals surface area contributed by atoms with E-state index in [9.17, 15) is 19.5 Å². The van der Waals surface area contributed by atoms with E-state index < -0.39 is 23.7 Å². The van der Waals surface area contributed by atoms with Gasteiger partial charge in [-0.25, -0.2) is 9.78 Å². The summed E-state index contributed by atoms with van der Waals surface area (Å²) in [6, 6.07) is 6.75. The van der Waals surface area contributed by atoms with Gasteiger partial charge in [0.2, 0.25) is 11.8 Å². The van der Waals surface area contributed by atoms with E-state index in [0.717, 1.165) is 21.7 Å². The van der Waals surface area contributed by atoms with Crippen molar-refractivity contribution in [3.8, 4) is 16.2 Å². The number of nitrogens with one attached hydrogen (secondary N) is 1. The maximum Gasteiger partial charge on any atom is 0.410 e. The van der Waals surface area contributed by atoms with Crippen molar-refractivity contribution in [3.63, 3.8) is 0 Å². The van der Waals surface area contributed by atoms with Crippen molar-refractivity contribution in [1.82, 2.24) is 25.3 Å². The van der Waals surface area contributed by atoms with Gasteiger partial charge >= 0.3 is 6.09 Å². The molecular formula is C37H51N5O8S. The number of β-amino-alcohol motifs (C(OH)–C–C–N with tert-alkyl or cyclic N) is 1. The number of aromatic nitrogens is 2. The van der Waals surface area contributed by atoms with Crippen LogP contribution in [0.4, 0.5) is 4.79 Å². The first-order chi connectivity index (χ1) is 24.2. The molecule has 14 heteroatoms. The molecule has 278 valence electrons. The Bertz CT molecular complexity index is 1660. The number of likely N-dealkylation sites (tertiary alicyclic amines) is 2. The molecule has 5 rings (SSSR count). The second-order valence-electron chi connectivity index (χ2n) is 14.7. The van der Waals surface area contributed by atoms with Crippen molar-refractivity contribution in [1.29, 1.82) is 0 Å². The van der Waals surface area contributed by atoms with Gasteiger partial charge in [0.25, 0.3) is 0 Å².